The number of piperazine rings is 1. The molecule has 0 unspecified atom stereocenters. The summed E-state index contributed by atoms with van der Waals surface area (Å²) in [5, 5.41) is 11.1. The number of hydrogen-bond donors (Lipinski definition) is 2. The van der Waals surface area contributed by atoms with Gasteiger partial charge in [-0.25, -0.2) is 4.79 Å². The van der Waals surface area contributed by atoms with Crippen LogP contribution in [0.5, 0.6) is 0 Å². The van der Waals surface area contributed by atoms with Crippen molar-refractivity contribution in [3.05, 3.63) is 75.4 Å². The summed E-state index contributed by atoms with van der Waals surface area (Å²) >= 11 is 12.2. The average molecular weight is 543 g/mol. The van der Waals surface area contributed by atoms with Gasteiger partial charge in [-0.05, 0) is 35.9 Å². The zero-order valence-electron chi connectivity index (χ0n) is 21.5. The fraction of sp³-hybridized carbons (Fsp3) is 0.370. The predicted octanol–water partition coefficient (Wildman–Crippen LogP) is 5.63. The van der Waals surface area contributed by atoms with Crippen molar-refractivity contribution < 1.29 is 9.59 Å². The van der Waals surface area contributed by atoms with Crippen molar-refractivity contribution in [2.24, 2.45) is 7.05 Å². The first kappa shape index (κ1) is 27.0. The monoisotopic (exact) mass is 542 g/mol. The Balaban J connectivity index is 1.26. The largest absolute Gasteiger partial charge is 0.336 e. The van der Waals surface area contributed by atoms with E-state index in [2.05, 4.69) is 41.4 Å². The second-order valence-electron chi connectivity index (χ2n) is 10.3. The first-order valence-electron chi connectivity index (χ1n) is 12.2. The molecule has 0 atom stereocenters. The van der Waals surface area contributed by atoms with Gasteiger partial charge in [-0.1, -0.05) is 56.1 Å². The van der Waals surface area contributed by atoms with Crippen molar-refractivity contribution in [1.29, 1.82) is 0 Å². The van der Waals surface area contributed by atoms with Gasteiger partial charge < -0.3 is 10.2 Å². The quantitative estimate of drug-likeness (QED) is 0.437. The molecule has 196 valence electrons. The maximum atomic E-state index is 12.8. The molecule has 0 radical (unpaired) electrons. The number of carbonyl (C=O) groups is 2. The van der Waals surface area contributed by atoms with Crippen LogP contribution in [0.3, 0.4) is 0 Å². The zero-order valence-corrected chi connectivity index (χ0v) is 23.0. The number of amides is 3. The zero-order chi connectivity index (χ0) is 26.7. The van der Waals surface area contributed by atoms with Crippen molar-refractivity contribution >= 4 is 46.6 Å². The summed E-state index contributed by atoms with van der Waals surface area (Å²) < 4.78 is 1.67. The number of rotatable bonds is 5. The first-order valence-corrected chi connectivity index (χ1v) is 12.9. The molecular weight excluding hydrogens is 511 g/mol. The number of benzene rings is 2. The Morgan fingerprint density at radius 2 is 1.62 bits per heavy atom. The second-order valence-corrected chi connectivity index (χ2v) is 11.1. The summed E-state index contributed by atoms with van der Waals surface area (Å²) in [6.45, 7) is 9.79. The number of nitrogens with zero attached hydrogens (tertiary/aromatic N) is 4. The molecule has 2 aromatic carbocycles. The van der Waals surface area contributed by atoms with Gasteiger partial charge in [0.25, 0.3) is 5.91 Å². The molecule has 1 aromatic heterocycles. The van der Waals surface area contributed by atoms with E-state index in [1.54, 1.807) is 22.9 Å². The molecule has 3 amide bonds. The number of hydrogen-bond acceptors (Lipinski definition) is 4. The first-order chi connectivity index (χ1) is 17.5. The molecule has 1 aliphatic rings. The lowest BCUT2D eigenvalue weighted by molar-refractivity contribution is 0.0628. The van der Waals surface area contributed by atoms with Crippen LogP contribution in [0.25, 0.3) is 0 Å². The van der Waals surface area contributed by atoms with Gasteiger partial charge in [-0.15, -0.1) is 0 Å². The summed E-state index contributed by atoms with van der Waals surface area (Å²) in [6, 6.07) is 14.3. The van der Waals surface area contributed by atoms with Gasteiger partial charge in [0.15, 0.2) is 0 Å². The molecule has 4 rings (SSSR count). The highest BCUT2D eigenvalue weighted by Crippen LogP contribution is 2.24. The topological polar surface area (TPSA) is 82.5 Å². The molecule has 1 aliphatic heterocycles. The maximum Gasteiger partial charge on any atom is 0.324 e. The van der Waals surface area contributed by atoms with Crippen molar-refractivity contribution in [2.75, 3.05) is 36.8 Å². The number of nitrogens with one attached hydrogen (secondary N) is 2. The van der Waals surface area contributed by atoms with Crippen LogP contribution >= 0.6 is 23.2 Å². The number of carbonyl (C=O) groups excluding carboxylic acids is 2. The van der Waals surface area contributed by atoms with Gasteiger partial charge >= 0.3 is 6.03 Å². The number of aryl methyl sites for hydroxylation is 1. The summed E-state index contributed by atoms with van der Waals surface area (Å²) in [6.07, 6.45) is 0. The van der Waals surface area contributed by atoms with E-state index >= 15 is 0 Å². The number of anilines is 2. The molecule has 37 heavy (non-hydrogen) atoms. The van der Waals surface area contributed by atoms with E-state index in [-0.39, 0.29) is 17.4 Å². The van der Waals surface area contributed by atoms with E-state index in [1.165, 1.54) is 0 Å². The Hall–Kier alpha value is -3.07. The van der Waals surface area contributed by atoms with Crippen molar-refractivity contribution in [3.63, 3.8) is 0 Å². The van der Waals surface area contributed by atoms with Crippen LogP contribution < -0.4 is 10.6 Å². The highest BCUT2D eigenvalue weighted by Gasteiger charge is 2.24. The molecule has 0 spiro atoms. The van der Waals surface area contributed by atoms with Crippen LogP contribution in [0.2, 0.25) is 10.0 Å². The molecule has 0 bridgehead atoms. The van der Waals surface area contributed by atoms with Gasteiger partial charge in [0.2, 0.25) is 0 Å². The van der Waals surface area contributed by atoms with Gasteiger partial charge in [0.05, 0.1) is 16.3 Å². The molecule has 2 heterocycles. The van der Waals surface area contributed by atoms with E-state index in [1.807, 2.05) is 42.3 Å². The molecule has 2 N–H and O–H groups in total. The highest BCUT2D eigenvalue weighted by atomic mass is 35.5. The minimum Gasteiger partial charge on any atom is -0.336 e. The maximum absolute atomic E-state index is 12.8. The lowest BCUT2D eigenvalue weighted by atomic mass is 9.92. The normalized spacial score (nSPS) is 14.5. The minimum atomic E-state index is -0.321. The third-order valence-electron chi connectivity index (χ3n) is 6.33. The number of urea groups is 1. The van der Waals surface area contributed by atoms with Crippen molar-refractivity contribution in [3.8, 4) is 0 Å². The third kappa shape index (κ3) is 6.83. The van der Waals surface area contributed by atoms with Crippen LogP contribution in [0, 0.1) is 0 Å². The molecule has 1 fully saturated rings. The summed E-state index contributed by atoms with van der Waals surface area (Å²) in [7, 11) is 1.81. The van der Waals surface area contributed by atoms with E-state index in [0.29, 0.717) is 40.2 Å². The summed E-state index contributed by atoms with van der Waals surface area (Å²) in [5.74, 6) is 0.561. The average Bonchev–Trinajstić information content (AvgIpc) is 3.21. The van der Waals surface area contributed by atoms with Crippen LogP contribution in [0.15, 0.2) is 48.5 Å². The smallest absolute Gasteiger partial charge is 0.324 e. The van der Waals surface area contributed by atoms with Crippen LogP contribution in [0.4, 0.5) is 16.3 Å². The number of halogens is 2. The van der Waals surface area contributed by atoms with E-state index in [4.69, 9.17) is 23.2 Å². The summed E-state index contributed by atoms with van der Waals surface area (Å²) in [4.78, 5) is 29.5. The Bertz CT molecular complexity index is 1280. The molecule has 3 aromatic rings. The molecule has 8 nitrogen and oxygen atoms in total. The van der Waals surface area contributed by atoms with Gasteiger partial charge in [-0.3, -0.25) is 19.7 Å². The second kappa shape index (κ2) is 11.1. The fourth-order valence-corrected chi connectivity index (χ4v) is 4.61. The van der Waals surface area contributed by atoms with E-state index in [9.17, 15) is 9.59 Å². The van der Waals surface area contributed by atoms with Crippen molar-refractivity contribution in [2.45, 2.75) is 32.7 Å². The molecule has 0 aliphatic carbocycles. The molecular formula is C27H32Cl2N6O2. The standard InChI is InChI=1S/C27H32Cl2N6O2/c1-27(2,3)23-16-24(33(4)32-23)31-26(37)30-20-8-5-18(6-9-20)17-34-11-13-35(14-12-34)25(36)21-10-7-19(28)15-22(21)29/h5-10,15-16H,11-14,17H2,1-4H3,(H2,30,31,37). The minimum absolute atomic E-state index is 0.0734. The number of aromatic nitrogens is 2. The third-order valence-corrected chi connectivity index (χ3v) is 6.88. The van der Waals surface area contributed by atoms with Crippen LogP contribution in [-0.2, 0) is 19.0 Å². The van der Waals surface area contributed by atoms with Gasteiger partial charge in [-0.2, -0.15) is 5.10 Å². The lowest BCUT2D eigenvalue weighted by Gasteiger charge is -2.35. The molecule has 0 saturated carbocycles. The lowest BCUT2D eigenvalue weighted by Crippen LogP contribution is -2.48. The Kier molecular flexibility index (Phi) is 8.11. The van der Waals surface area contributed by atoms with E-state index in [0.717, 1.165) is 30.9 Å². The van der Waals surface area contributed by atoms with Crippen molar-refractivity contribution in [1.82, 2.24) is 19.6 Å². The van der Waals surface area contributed by atoms with Gasteiger partial charge in [0, 0.05) is 62.0 Å². The predicted molar refractivity (Wildman–Crippen MR) is 149 cm³/mol. The Morgan fingerprint density at radius 3 is 2.22 bits per heavy atom. The Labute approximate surface area is 227 Å². The Morgan fingerprint density at radius 1 is 0.946 bits per heavy atom. The van der Waals surface area contributed by atoms with Gasteiger partial charge in [0.1, 0.15) is 5.82 Å². The fourth-order valence-electron chi connectivity index (χ4n) is 4.12. The summed E-state index contributed by atoms with van der Waals surface area (Å²) in [5.41, 5.74) is 3.12. The SMILES string of the molecule is Cn1nc(C(C)(C)C)cc1NC(=O)Nc1ccc(CN2CCN(C(=O)c3ccc(Cl)cc3Cl)CC2)cc1. The highest BCUT2D eigenvalue weighted by molar-refractivity contribution is 6.36. The molecule has 1 saturated heterocycles. The molecule has 10 heteroatoms. The van der Waals surface area contributed by atoms with Crippen LogP contribution in [0.1, 0.15) is 42.4 Å². The van der Waals surface area contributed by atoms with E-state index < -0.39 is 0 Å². The van der Waals surface area contributed by atoms with Crippen LogP contribution in [-0.4, -0.2) is 57.7 Å².